The fraction of sp³-hybridized carbons (Fsp3) is 0.444. The van der Waals surface area contributed by atoms with Gasteiger partial charge in [0.25, 0.3) is 5.91 Å². The quantitative estimate of drug-likeness (QED) is 0.462. The molecule has 0 unspecified atom stereocenters. The van der Waals surface area contributed by atoms with E-state index in [-0.39, 0.29) is 36.3 Å². The number of carboxylic acid groups (broad SMARTS) is 1. The summed E-state index contributed by atoms with van der Waals surface area (Å²) in [5.41, 5.74) is 0.697. The second kappa shape index (κ2) is 10.0. The predicted molar refractivity (Wildman–Crippen MR) is 129 cm³/mol. The van der Waals surface area contributed by atoms with E-state index >= 15 is 0 Å². The third-order valence-corrected chi connectivity index (χ3v) is 7.57. The first-order valence-electron chi connectivity index (χ1n) is 12.7. The molecule has 3 aliphatic rings. The average molecular weight is 551 g/mol. The van der Waals surface area contributed by atoms with E-state index in [2.05, 4.69) is 4.74 Å². The Morgan fingerprint density at radius 1 is 1.03 bits per heavy atom. The highest BCUT2D eigenvalue weighted by molar-refractivity contribution is 6.08. The van der Waals surface area contributed by atoms with Crippen molar-refractivity contribution in [1.82, 2.24) is 4.90 Å². The molecule has 0 aromatic heterocycles. The molecule has 2 saturated carbocycles. The Morgan fingerprint density at radius 2 is 1.77 bits per heavy atom. The lowest BCUT2D eigenvalue weighted by Gasteiger charge is -2.48. The molecule has 2 amide bonds. The van der Waals surface area contributed by atoms with Crippen molar-refractivity contribution in [1.29, 1.82) is 0 Å². The molecule has 0 spiro atoms. The third kappa shape index (κ3) is 5.37. The van der Waals surface area contributed by atoms with Gasteiger partial charge in [0, 0.05) is 41.2 Å². The molecule has 1 aliphatic heterocycles. The number of anilines is 1. The third-order valence-electron chi connectivity index (χ3n) is 7.57. The summed E-state index contributed by atoms with van der Waals surface area (Å²) in [6, 6.07) is 5.73. The maximum atomic E-state index is 14.6. The molecule has 2 aliphatic carbocycles. The number of benzene rings is 2. The van der Waals surface area contributed by atoms with Crippen LogP contribution in [0.15, 0.2) is 36.4 Å². The first-order valence-corrected chi connectivity index (χ1v) is 12.7. The van der Waals surface area contributed by atoms with Gasteiger partial charge < -0.3 is 24.7 Å². The van der Waals surface area contributed by atoms with Crippen LogP contribution in [-0.4, -0.2) is 51.3 Å². The van der Waals surface area contributed by atoms with E-state index in [1.165, 1.54) is 23.1 Å². The number of amides is 2. The van der Waals surface area contributed by atoms with E-state index in [1.54, 1.807) is 4.90 Å². The van der Waals surface area contributed by atoms with Crippen molar-refractivity contribution in [2.24, 2.45) is 5.92 Å². The SMILES string of the molecule is O=C(O)CCC(=O)N(C1CC1)[C@H]1c2cc(F)ccc2N(C(=O)c2ccc(OC(F)(F)F)c(O)c2)[C@H]2CCC[C@H]21. The maximum absolute atomic E-state index is 14.6. The Labute approximate surface area is 220 Å². The van der Waals surface area contributed by atoms with Gasteiger partial charge in [-0.15, -0.1) is 13.2 Å². The molecular formula is C27H26F4N2O6. The molecule has 2 N–H and O–H groups in total. The van der Waals surface area contributed by atoms with Crippen LogP contribution in [0.25, 0.3) is 0 Å². The van der Waals surface area contributed by atoms with Crippen LogP contribution in [0.4, 0.5) is 23.2 Å². The lowest BCUT2D eigenvalue weighted by Crippen LogP contribution is -2.53. The van der Waals surface area contributed by atoms with Crippen LogP contribution in [0.5, 0.6) is 11.5 Å². The summed E-state index contributed by atoms with van der Waals surface area (Å²) in [6.07, 6.45) is -2.14. The highest BCUT2D eigenvalue weighted by Crippen LogP contribution is 2.53. The maximum Gasteiger partial charge on any atom is 0.573 e. The molecule has 1 heterocycles. The van der Waals surface area contributed by atoms with Crippen LogP contribution in [-0.2, 0) is 9.59 Å². The van der Waals surface area contributed by atoms with Gasteiger partial charge in [0.15, 0.2) is 11.5 Å². The number of phenolic OH excluding ortho intramolecular Hbond substituents is 1. The highest BCUT2D eigenvalue weighted by atomic mass is 19.4. The van der Waals surface area contributed by atoms with Gasteiger partial charge in [-0.1, -0.05) is 6.42 Å². The van der Waals surface area contributed by atoms with Gasteiger partial charge in [-0.3, -0.25) is 14.4 Å². The zero-order chi connectivity index (χ0) is 28.1. The van der Waals surface area contributed by atoms with Crippen LogP contribution < -0.4 is 9.64 Å². The first kappa shape index (κ1) is 26.8. The molecule has 8 nitrogen and oxygen atoms in total. The summed E-state index contributed by atoms with van der Waals surface area (Å²) >= 11 is 0. The topological polar surface area (TPSA) is 107 Å². The lowest BCUT2D eigenvalue weighted by atomic mass is 9.81. The number of rotatable bonds is 7. The summed E-state index contributed by atoms with van der Waals surface area (Å²) in [7, 11) is 0. The number of nitrogens with zero attached hydrogens (tertiary/aromatic N) is 2. The Balaban J connectivity index is 1.54. The summed E-state index contributed by atoms with van der Waals surface area (Å²) in [5, 5.41) is 19.2. The van der Waals surface area contributed by atoms with Crippen molar-refractivity contribution >= 4 is 23.5 Å². The van der Waals surface area contributed by atoms with Gasteiger partial charge in [0.05, 0.1) is 12.5 Å². The molecule has 2 aromatic rings. The van der Waals surface area contributed by atoms with Crippen LogP contribution in [0.2, 0.25) is 0 Å². The molecule has 2 aromatic carbocycles. The Hall–Kier alpha value is -3.83. The summed E-state index contributed by atoms with van der Waals surface area (Å²) in [4.78, 5) is 41.4. The number of carboxylic acids is 1. The molecule has 0 bridgehead atoms. The van der Waals surface area contributed by atoms with Crippen molar-refractivity contribution in [3.05, 3.63) is 53.3 Å². The number of alkyl halides is 3. The van der Waals surface area contributed by atoms with E-state index < -0.39 is 47.6 Å². The average Bonchev–Trinajstić information content (AvgIpc) is 3.58. The summed E-state index contributed by atoms with van der Waals surface area (Å²) in [5.74, 6) is -4.57. The highest BCUT2D eigenvalue weighted by Gasteiger charge is 2.51. The summed E-state index contributed by atoms with van der Waals surface area (Å²) in [6.45, 7) is 0. The molecule has 39 heavy (non-hydrogen) atoms. The van der Waals surface area contributed by atoms with Crippen molar-refractivity contribution in [3.8, 4) is 11.5 Å². The number of carbonyl (C=O) groups excluding carboxylic acids is 2. The van der Waals surface area contributed by atoms with Gasteiger partial charge in [-0.25, -0.2) is 4.39 Å². The van der Waals surface area contributed by atoms with E-state index in [4.69, 9.17) is 5.11 Å². The van der Waals surface area contributed by atoms with Gasteiger partial charge in [0.2, 0.25) is 5.91 Å². The number of ether oxygens (including phenoxy) is 1. The number of carbonyl (C=O) groups is 3. The normalized spacial score (nSPS) is 22.2. The van der Waals surface area contributed by atoms with Gasteiger partial charge in [-0.2, -0.15) is 0 Å². The number of hydrogen-bond acceptors (Lipinski definition) is 5. The first-order chi connectivity index (χ1) is 18.4. The van der Waals surface area contributed by atoms with Crippen molar-refractivity contribution in [3.63, 3.8) is 0 Å². The van der Waals surface area contributed by atoms with Gasteiger partial charge in [0.1, 0.15) is 5.82 Å². The molecule has 208 valence electrons. The van der Waals surface area contributed by atoms with Crippen LogP contribution in [0.1, 0.15) is 66.9 Å². The second-order valence-electron chi connectivity index (χ2n) is 10.1. The number of fused-ring (bicyclic) bond motifs is 2. The molecule has 0 saturated heterocycles. The Morgan fingerprint density at radius 3 is 2.41 bits per heavy atom. The Bertz CT molecular complexity index is 1310. The molecular weight excluding hydrogens is 524 g/mol. The van der Waals surface area contributed by atoms with Crippen molar-refractivity contribution in [2.45, 2.75) is 69.4 Å². The van der Waals surface area contributed by atoms with Crippen molar-refractivity contribution in [2.75, 3.05) is 4.90 Å². The van der Waals surface area contributed by atoms with Crippen molar-refractivity contribution < 1.29 is 46.9 Å². The minimum absolute atomic E-state index is 0.0852. The fourth-order valence-electron chi connectivity index (χ4n) is 5.95. The van der Waals surface area contributed by atoms with Crippen LogP contribution >= 0.6 is 0 Å². The molecule has 2 fully saturated rings. The van der Waals surface area contributed by atoms with Crippen LogP contribution in [0.3, 0.4) is 0 Å². The van der Waals surface area contributed by atoms with Gasteiger partial charge in [-0.05, 0) is 62.1 Å². The van der Waals surface area contributed by atoms with Gasteiger partial charge >= 0.3 is 12.3 Å². The monoisotopic (exact) mass is 550 g/mol. The smallest absolute Gasteiger partial charge is 0.504 e. The minimum Gasteiger partial charge on any atom is -0.504 e. The Kier molecular flexibility index (Phi) is 6.90. The minimum atomic E-state index is -5.03. The predicted octanol–water partition coefficient (Wildman–Crippen LogP) is 5.16. The van der Waals surface area contributed by atoms with E-state index in [0.29, 0.717) is 24.1 Å². The second-order valence-corrected chi connectivity index (χ2v) is 10.1. The molecule has 12 heteroatoms. The molecule has 0 radical (unpaired) electrons. The van der Waals surface area contributed by atoms with E-state index in [1.807, 2.05) is 0 Å². The summed E-state index contributed by atoms with van der Waals surface area (Å²) < 4.78 is 56.3. The zero-order valence-electron chi connectivity index (χ0n) is 20.7. The van der Waals surface area contributed by atoms with Crippen LogP contribution in [0, 0.1) is 11.7 Å². The van der Waals surface area contributed by atoms with E-state index in [9.17, 15) is 37.1 Å². The fourth-order valence-corrected chi connectivity index (χ4v) is 5.95. The molecule has 5 rings (SSSR count). The largest absolute Gasteiger partial charge is 0.573 e. The molecule has 3 atom stereocenters. The standard InChI is InChI=1S/C27H26F4N2O6/c28-15-5-8-20-18(13-15)25(32(16-6-7-16)23(35)10-11-24(36)37)17-2-1-3-19(17)33(20)26(38)14-4-9-22(21(34)12-14)39-27(29,30)31/h4-5,8-9,12-13,16-17,19,25,34H,1-3,6-7,10-11H2,(H,36,37)/t17-,19+,25-/m1/s1. The number of aromatic hydroxyl groups is 1. The number of phenols is 1. The number of aliphatic carboxylic acids is 1. The number of hydrogen-bond donors (Lipinski definition) is 2. The van der Waals surface area contributed by atoms with E-state index in [0.717, 1.165) is 37.5 Å². The lowest BCUT2D eigenvalue weighted by molar-refractivity contribution is -0.275. The zero-order valence-corrected chi connectivity index (χ0v) is 20.7. The number of halogens is 4.